The number of benzene rings is 1. The van der Waals surface area contributed by atoms with E-state index in [0.717, 1.165) is 12.1 Å². The van der Waals surface area contributed by atoms with Crippen molar-refractivity contribution >= 4 is 20.5 Å². The number of halogens is 1. The second kappa shape index (κ2) is 3.07. The standard InChI is InChI=1S/C7H6FO3P/c8-4-1-3(12)2-5(9)6(4)7(10)11/h1-2,9H,12H2,(H,10,11). The molecule has 1 aromatic carbocycles. The maximum atomic E-state index is 12.8. The van der Waals surface area contributed by atoms with Gasteiger partial charge in [-0.25, -0.2) is 9.18 Å². The highest BCUT2D eigenvalue weighted by atomic mass is 31.0. The summed E-state index contributed by atoms with van der Waals surface area (Å²) in [7, 11) is 2.16. The molecule has 3 nitrogen and oxygen atoms in total. The van der Waals surface area contributed by atoms with E-state index in [-0.39, 0.29) is 0 Å². The zero-order valence-electron chi connectivity index (χ0n) is 5.91. The normalized spacial score (nSPS) is 9.83. The van der Waals surface area contributed by atoms with Crippen molar-refractivity contribution < 1.29 is 19.4 Å². The van der Waals surface area contributed by atoms with E-state index < -0.39 is 23.1 Å². The molecule has 0 heterocycles. The first-order valence-electron chi connectivity index (χ1n) is 3.03. The predicted molar refractivity (Wildman–Crippen MR) is 44.4 cm³/mol. The SMILES string of the molecule is O=C(O)c1c(O)cc(P)cc1F. The number of phenols is 1. The monoisotopic (exact) mass is 188 g/mol. The number of carbonyl (C=O) groups is 1. The molecule has 0 saturated heterocycles. The Balaban J connectivity index is 3.38. The summed E-state index contributed by atoms with van der Waals surface area (Å²) in [6.45, 7) is 0. The van der Waals surface area contributed by atoms with Crippen LogP contribution in [-0.2, 0) is 0 Å². The highest BCUT2D eigenvalue weighted by molar-refractivity contribution is 7.27. The molecule has 0 aliphatic rings. The molecule has 1 rings (SSSR count). The molecule has 0 radical (unpaired) electrons. The van der Waals surface area contributed by atoms with Crippen molar-refractivity contribution in [1.29, 1.82) is 0 Å². The summed E-state index contributed by atoms with van der Waals surface area (Å²) in [5.74, 6) is -2.98. The van der Waals surface area contributed by atoms with Gasteiger partial charge in [0.25, 0.3) is 0 Å². The van der Waals surface area contributed by atoms with Crippen LogP contribution < -0.4 is 5.30 Å². The van der Waals surface area contributed by atoms with E-state index in [2.05, 4.69) is 9.24 Å². The predicted octanol–water partition coefficient (Wildman–Crippen LogP) is 0.730. The van der Waals surface area contributed by atoms with Crippen molar-refractivity contribution in [2.24, 2.45) is 0 Å². The fourth-order valence-electron chi connectivity index (χ4n) is 0.824. The van der Waals surface area contributed by atoms with Crippen LogP contribution in [0.1, 0.15) is 10.4 Å². The molecule has 0 aliphatic carbocycles. The van der Waals surface area contributed by atoms with Crippen molar-refractivity contribution in [3.05, 3.63) is 23.5 Å². The van der Waals surface area contributed by atoms with Crippen molar-refractivity contribution in [1.82, 2.24) is 0 Å². The first-order valence-corrected chi connectivity index (χ1v) is 3.61. The highest BCUT2D eigenvalue weighted by Gasteiger charge is 2.15. The molecule has 12 heavy (non-hydrogen) atoms. The van der Waals surface area contributed by atoms with Crippen LogP contribution in [0, 0.1) is 5.82 Å². The van der Waals surface area contributed by atoms with E-state index in [4.69, 9.17) is 10.2 Å². The van der Waals surface area contributed by atoms with Gasteiger partial charge < -0.3 is 10.2 Å². The lowest BCUT2D eigenvalue weighted by atomic mass is 10.2. The maximum Gasteiger partial charge on any atom is 0.342 e. The summed E-state index contributed by atoms with van der Waals surface area (Å²) in [6, 6.07) is 2.19. The summed E-state index contributed by atoms with van der Waals surface area (Å²) in [4.78, 5) is 10.3. The molecule has 5 heteroatoms. The quantitative estimate of drug-likeness (QED) is 0.638. The first kappa shape index (κ1) is 8.94. The fraction of sp³-hybridized carbons (Fsp3) is 0. The molecule has 64 valence electrons. The largest absolute Gasteiger partial charge is 0.507 e. The van der Waals surface area contributed by atoms with E-state index in [1.54, 1.807) is 0 Å². The van der Waals surface area contributed by atoms with Crippen LogP contribution in [0.15, 0.2) is 12.1 Å². The lowest BCUT2D eigenvalue weighted by Crippen LogP contribution is -2.04. The van der Waals surface area contributed by atoms with Crippen LogP contribution in [0.4, 0.5) is 4.39 Å². The third-order valence-electron chi connectivity index (χ3n) is 1.31. The average molecular weight is 188 g/mol. The molecule has 2 N–H and O–H groups in total. The Kier molecular flexibility index (Phi) is 2.29. The van der Waals surface area contributed by atoms with Gasteiger partial charge in [0.05, 0.1) is 0 Å². The van der Waals surface area contributed by atoms with E-state index in [1.807, 2.05) is 0 Å². The van der Waals surface area contributed by atoms with Crippen LogP contribution in [-0.4, -0.2) is 16.2 Å². The highest BCUT2D eigenvalue weighted by Crippen LogP contribution is 2.19. The second-order valence-corrected chi connectivity index (χ2v) is 2.87. The third-order valence-corrected chi connectivity index (χ3v) is 1.64. The van der Waals surface area contributed by atoms with Crippen molar-refractivity contribution in [3.8, 4) is 5.75 Å². The van der Waals surface area contributed by atoms with Gasteiger partial charge in [0.2, 0.25) is 0 Å². The maximum absolute atomic E-state index is 12.8. The van der Waals surface area contributed by atoms with Crippen LogP contribution in [0.25, 0.3) is 0 Å². The minimum Gasteiger partial charge on any atom is -0.507 e. The van der Waals surface area contributed by atoms with Gasteiger partial charge in [-0.1, -0.05) is 0 Å². The Morgan fingerprint density at radius 3 is 2.50 bits per heavy atom. The summed E-state index contributed by atoms with van der Waals surface area (Å²) in [5.41, 5.74) is -0.693. The Labute approximate surface area is 70.0 Å². The Morgan fingerprint density at radius 2 is 2.08 bits per heavy atom. The fourth-order valence-corrected chi connectivity index (χ4v) is 1.13. The van der Waals surface area contributed by atoms with E-state index in [0.29, 0.717) is 5.30 Å². The minimum atomic E-state index is -1.48. The van der Waals surface area contributed by atoms with Crippen LogP contribution in [0.5, 0.6) is 5.75 Å². The molecule has 1 aromatic rings. The van der Waals surface area contributed by atoms with Gasteiger partial charge >= 0.3 is 5.97 Å². The van der Waals surface area contributed by atoms with E-state index in [1.165, 1.54) is 0 Å². The Bertz CT molecular complexity index is 314. The van der Waals surface area contributed by atoms with Crippen LogP contribution in [0.2, 0.25) is 0 Å². The molecular weight excluding hydrogens is 182 g/mol. The van der Waals surface area contributed by atoms with Gasteiger partial charge in [-0.2, -0.15) is 0 Å². The van der Waals surface area contributed by atoms with Gasteiger partial charge in [-0.3, -0.25) is 0 Å². The number of rotatable bonds is 1. The lowest BCUT2D eigenvalue weighted by molar-refractivity contribution is 0.0688. The van der Waals surface area contributed by atoms with Crippen molar-refractivity contribution in [2.45, 2.75) is 0 Å². The van der Waals surface area contributed by atoms with E-state index in [9.17, 15) is 9.18 Å². The number of aromatic hydroxyl groups is 1. The molecular formula is C7H6FO3P. The third kappa shape index (κ3) is 1.53. The van der Waals surface area contributed by atoms with Crippen LogP contribution >= 0.6 is 9.24 Å². The molecule has 0 aromatic heterocycles. The van der Waals surface area contributed by atoms with Crippen molar-refractivity contribution in [2.75, 3.05) is 0 Å². The summed E-state index contributed by atoms with van der Waals surface area (Å²) < 4.78 is 12.8. The van der Waals surface area contributed by atoms with Gasteiger partial charge in [0.15, 0.2) is 0 Å². The summed E-state index contributed by atoms with van der Waals surface area (Å²) in [5, 5.41) is 17.8. The smallest absolute Gasteiger partial charge is 0.342 e. The zero-order valence-corrected chi connectivity index (χ0v) is 7.07. The van der Waals surface area contributed by atoms with Gasteiger partial charge in [-0.05, 0) is 17.4 Å². The number of carboxylic acids is 1. The number of aromatic carboxylic acids is 1. The van der Waals surface area contributed by atoms with Crippen molar-refractivity contribution in [3.63, 3.8) is 0 Å². The molecule has 1 atom stereocenters. The number of carboxylic acid groups (broad SMARTS) is 1. The van der Waals surface area contributed by atoms with Crippen LogP contribution in [0.3, 0.4) is 0 Å². The topological polar surface area (TPSA) is 57.5 Å². The Hall–Kier alpha value is -1.15. The molecule has 0 spiro atoms. The summed E-state index contributed by atoms with van der Waals surface area (Å²) in [6.07, 6.45) is 0. The second-order valence-electron chi connectivity index (χ2n) is 2.20. The zero-order chi connectivity index (χ0) is 9.30. The molecule has 0 saturated carbocycles. The minimum absolute atomic E-state index is 0.398. The lowest BCUT2D eigenvalue weighted by Gasteiger charge is -2.01. The van der Waals surface area contributed by atoms with Gasteiger partial charge in [0.1, 0.15) is 17.1 Å². The molecule has 0 aliphatic heterocycles. The summed E-state index contributed by atoms with van der Waals surface area (Å²) >= 11 is 0. The molecule has 0 amide bonds. The van der Waals surface area contributed by atoms with E-state index >= 15 is 0 Å². The van der Waals surface area contributed by atoms with Gasteiger partial charge in [-0.15, -0.1) is 9.24 Å². The van der Waals surface area contributed by atoms with Gasteiger partial charge in [0, 0.05) is 0 Å². The Morgan fingerprint density at radius 1 is 1.50 bits per heavy atom. The molecule has 0 bridgehead atoms. The molecule has 0 fully saturated rings. The number of hydrogen-bond acceptors (Lipinski definition) is 2. The number of hydrogen-bond donors (Lipinski definition) is 2. The molecule has 1 unspecified atom stereocenters. The first-order chi connectivity index (χ1) is 5.52. The average Bonchev–Trinajstić information content (AvgIpc) is 1.82.